The fourth-order valence-electron chi connectivity index (χ4n) is 2.44. The summed E-state index contributed by atoms with van der Waals surface area (Å²) in [5.74, 6) is -2.70. The van der Waals surface area contributed by atoms with Gasteiger partial charge in [-0.25, -0.2) is 13.6 Å². The van der Waals surface area contributed by atoms with E-state index in [2.05, 4.69) is 10.6 Å². The van der Waals surface area contributed by atoms with E-state index in [4.69, 9.17) is 4.74 Å². The van der Waals surface area contributed by atoms with Crippen molar-refractivity contribution in [2.45, 2.75) is 26.0 Å². The summed E-state index contributed by atoms with van der Waals surface area (Å²) in [6.07, 6.45) is -0.0318. The summed E-state index contributed by atoms with van der Waals surface area (Å²) in [5, 5.41) is 5.05. The smallest absolute Gasteiger partial charge is 0.317 e. The number of nitrogens with one attached hydrogen (secondary N) is 2. The number of nitrogens with zero attached hydrogens (tertiary/aromatic N) is 1. The maximum Gasteiger partial charge on any atom is 0.317 e. The summed E-state index contributed by atoms with van der Waals surface area (Å²) in [6, 6.07) is 2.92. The second-order valence-corrected chi connectivity index (χ2v) is 5.73. The van der Waals surface area contributed by atoms with Crippen molar-refractivity contribution in [3.05, 3.63) is 35.4 Å². The van der Waals surface area contributed by atoms with Crippen LogP contribution in [0.3, 0.4) is 0 Å². The lowest BCUT2D eigenvalue weighted by molar-refractivity contribution is -0.0317. The van der Waals surface area contributed by atoms with E-state index in [0.717, 1.165) is 12.1 Å². The van der Waals surface area contributed by atoms with Gasteiger partial charge in [0.1, 0.15) is 17.2 Å². The maximum absolute atomic E-state index is 13.5. The Morgan fingerprint density at radius 2 is 1.83 bits per heavy atom. The number of benzene rings is 1. The van der Waals surface area contributed by atoms with Crippen LogP contribution in [-0.2, 0) is 4.74 Å². The molecule has 0 saturated carbocycles. The molecule has 0 radical (unpaired) electrons. The molecule has 1 heterocycles. The van der Waals surface area contributed by atoms with Crippen LogP contribution in [0.25, 0.3) is 0 Å². The van der Waals surface area contributed by atoms with Crippen LogP contribution in [-0.4, -0.2) is 55.2 Å². The number of halogens is 2. The third-order valence-corrected chi connectivity index (χ3v) is 3.75. The van der Waals surface area contributed by atoms with Crippen LogP contribution in [0.1, 0.15) is 24.2 Å². The topological polar surface area (TPSA) is 70.7 Å². The second kappa shape index (κ2) is 8.05. The molecule has 24 heavy (non-hydrogen) atoms. The molecule has 1 aromatic rings. The molecule has 1 aliphatic rings. The molecule has 0 unspecified atom stereocenters. The molecule has 6 nitrogen and oxygen atoms in total. The summed E-state index contributed by atoms with van der Waals surface area (Å²) in [4.78, 5) is 25.6. The van der Waals surface area contributed by atoms with Gasteiger partial charge in [0.25, 0.3) is 5.91 Å². The lowest BCUT2D eigenvalue weighted by Gasteiger charge is -2.36. The predicted molar refractivity (Wildman–Crippen MR) is 83.7 cm³/mol. The zero-order chi connectivity index (χ0) is 17.7. The van der Waals surface area contributed by atoms with Gasteiger partial charge >= 0.3 is 6.03 Å². The zero-order valence-corrected chi connectivity index (χ0v) is 13.6. The predicted octanol–water partition coefficient (Wildman–Crippen LogP) is 1.51. The van der Waals surface area contributed by atoms with Crippen LogP contribution in [0, 0.1) is 11.6 Å². The Kier molecular flexibility index (Phi) is 6.08. The Morgan fingerprint density at radius 3 is 2.50 bits per heavy atom. The standard InChI is InChI=1S/C16H21F2N3O3/c1-10-9-24-11(2)8-21(10)16(23)20-7-6-19-15(22)14-12(17)4-3-5-13(14)18/h3-5,10-11H,6-9H2,1-2H3,(H,19,22)(H,20,23)/t10-,11-/m0/s1. The highest BCUT2D eigenvalue weighted by Crippen LogP contribution is 2.12. The van der Waals surface area contributed by atoms with Crippen LogP contribution >= 0.6 is 0 Å². The molecule has 132 valence electrons. The molecule has 0 spiro atoms. The van der Waals surface area contributed by atoms with Crippen molar-refractivity contribution in [3.63, 3.8) is 0 Å². The third-order valence-electron chi connectivity index (χ3n) is 3.75. The van der Waals surface area contributed by atoms with Crippen LogP contribution in [0.15, 0.2) is 18.2 Å². The molecule has 2 atom stereocenters. The third kappa shape index (κ3) is 4.41. The quantitative estimate of drug-likeness (QED) is 0.816. The van der Waals surface area contributed by atoms with E-state index in [-0.39, 0.29) is 31.3 Å². The van der Waals surface area contributed by atoms with Gasteiger partial charge in [0.2, 0.25) is 0 Å². The SMILES string of the molecule is C[C@H]1CN(C(=O)NCCNC(=O)c2c(F)cccc2F)[C@@H](C)CO1. The molecule has 1 fully saturated rings. The fourth-order valence-corrected chi connectivity index (χ4v) is 2.44. The number of carbonyl (C=O) groups is 2. The fraction of sp³-hybridized carbons (Fsp3) is 0.500. The highest BCUT2D eigenvalue weighted by molar-refractivity contribution is 5.94. The number of hydrogen-bond acceptors (Lipinski definition) is 3. The second-order valence-electron chi connectivity index (χ2n) is 5.73. The molecule has 2 rings (SSSR count). The van der Waals surface area contributed by atoms with Crippen molar-refractivity contribution in [1.82, 2.24) is 15.5 Å². The van der Waals surface area contributed by atoms with E-state index < -0.39 is 23.1 Å². The zero-order valence-electron chi connectivity index (χ0n) is 13.6. The first-order valence-electron chi connectivity index (χ1n) is 7.78. The first-order chi connectivity index (χ1) is 11.4. The van der Waals surface area contributed by atoms with Gasteiger partial charge in [-0.05, 0) is 26.0 Å². The van der Waals surface area contributed by atoms with Crippen molar-refractivity contribution < 1.29 is 23.1 Å². The van der Waals surface area contributed by atoms with Gasteiger partial charge in [-0.15, -0.1) is 0 Å². The van der Waals surface area contributed by atoms with E-state index in [9.17, 15) is 18.4 Å². The van der Waals surface area contributed by atoms with Gasteiger partial charge in [-0.2, -0.15) is 0 Å². The summed E-state index contributed by atoms with van der Waals surface area (Å²) in [5.41, 5.74) is -0.626. The number of rotatable bonds is 4. The van der Waals surface area contributed by atoms with Crippen molar-refractivity contribution in [2.24, 2.45) is 0 Å². The molecule has 1 aliphatic heterocycles. The van der Waals surface area contributed by atoms with Gasteiger partial charge in [0, 0.05) is 19.6 Å². The van der Waals surface area contributed by atoms with Crippen LogP contribution in [0.4, 0.5) is 13.6 Å². The molecular formula is C16H21F2N3O3. The monoisotopic (exact) mass is 341 g/mol. The number of carbonyl (C=O) groups excluding carboxylic acids is 2. The highest BCUT2D eigenvalue weighted by Gasteiger charge is 2.27. The van der Waals surface area contributed by atoms with Gasteiger partial charge in [0.05, 0.1) is 18.8 Å². The Morgan fingerprint density at radius 1 is 1.21 bits per heavy atom. The summed E-state index contributed by atoms with van der Waals surface area (Å²) >= 11 is 0. The molecule has 1 aromatic carbocycles. The van der Waals surface area contributed by atoms with Crippen molar-refractivity contribution in [1.29, 1.82) is 0 Å². The van der Waals surface area contributed by atoms with Crippen molar-refractivity contribution in [3.8, 4) is 0 Å². The molecular weight excluding hydrogens is 320 g/mol. The van der Waals surface area contributed by atoms with Gasteiger partial charge < -0.3 is 20.3 Å². The molecule has 3 amide bonds. The molecule has 1 saturated heterocycles. The highest BCUT2D eigenvalue weighted by atomic mass is 19.1. The number of urea groups is 1. The Bertz CT molecular complexity index is 592. The van der Waals surface area contributed by atoms with E-state index in [1.165, 1.54) is 6.07 Å². The van der Waals surface area contributed by atoms with E-state index >= 15 is 0 Å². The number of amides is 3. The summed E-state index contributed by atoms with van der Waals surface area (Å²) in [6.45, 7) is 4.94. The lowest BCUT2D eigenvalue weighted by atomic mass is 10.2. The summed E-state index contributed by atoms with van der Waals surface area (Å²) < 4.78 is 32.4. The minimum Gasteiger partial charge on any atom is -0.375 e. The molecule has 0 aromatic heterocycles. The maximum atomic E-state index is 13.5. The van der Waals surface area contributed by atoms with Crippen molar-refractivity contribution in [2.75, 3.05) is 26.2 Å². The first-order valence-corrected chi connectivity index (χ1v) is 7.78. The average molecular weight is 341 g/mol. The normalized spacial score (nSPS) is 20.6. The van der Waals surface area contributed by atoms with E-state index in [1.807, 2.05) is 13.8 Å². The molecule has 2 N–H and O–H groups in total. The Balaban J connectivity index is 1.78. The van der Waals surface area contributed by atoms with Crippen molar-refractivity contribution >= 4 is 11.9 Å². The van der Waals surface area contributed by atoms with Crippen LogP contribution < -0.4 is 10.6 Å². The Hall–Kier alpha value is -2.22. The number of ether oxygens (including phenoxy) is 1. The summed E-state index contributed by atoms with van der Waals surface area (Å²) in [7, 11) is 0. The Labute approximate surface area is 139 Å². The van der Waals surface area contributed by atoms with Gasteiger partial charge in [-0.3, -0.25) is 4.79 Å². The van der Waals surface area contributed by atoms with E-state index in [1.54, 1.807) is 4.90 Å². The average Bonchev–Trinajstić information content (AvgIpc) is 2.53. The lowest BCUT2D eigenvalue weighted by Crippen LogP contribution is -2.54. The minimum atomic E-state index is -0.923. The minimum absolute atomic E-state index is 0.0318. The molecule has 0 aliphatic carbocycles. The van der Waals surface area contributed by atoms with Crippen LogP contribution in [0.2, 0.25) is 0 Å². The molecule has 0 bridgehead atoms. The van der Waals surface area contributed by atoms with E-state index in [0.29, 0.717) is 13.2 Å². The van der Waals surface area contributed by atoms with Gasteiger partial charge in [0.15, 0.2) is 0 Å². The number of hydrogen-bond donors (Lipinski definition) is 2. The van der Waals surface area contributed by atoms with Gasteiger partial charge in [-0.1, -0.05) is 6.07 Å². The number of morpholine rings is 1. The van der Waals surface area contributed by atoms with Crippen LogP contribution in [0.5, 0.6) is 0 Å². The molecule has 8 heteroatoms. The largest absolute Gasteiger partial charge is 0.375 e. The first kappa shape index (κ1) is 18.1.